The molecule has 0 aliphatic carbocycles. The number of fused-ring (bicyclic) bond motifs is 1. The fourth-order valence-electron chi connectivity index (χ4n) is 2.25. The minimum atomic E-state index is -1.67. The molecule has 0 spiro atoms. The monoisotopic (exact) mass is 303 g/mol. The molecule has 0 fully saturated rings. The van der Waals surface area contributed by atoms with Gasteiger partial charge < -0.3 is 19.9 Å². The fourth-order valence-corrected chi connectivity index (χ4v) is 2.25. The van der Waals surface area contributed by atoms with Crippen LogP contribution in [0.1, 0.15) is 17.5 Å². The number of aliphatic hydroxyl groups excluding tert-OH is 1. The Morgan fingerprint density at radius 1 is 1.45 bits per heavy atom. The Hall–Kier alpha value is -2.94. The number of methoxy groups -OCH3 is 1. The van der Waals surface area contributed by atoms with E-state index in [9.17, 15) is 9.90 Å². The highest BCUT2D eigenvalue weighted by Gasteiger charge is 2.24. The van der Waals surface area contributed by atoms with Crippen LogP contribution in [0.25, 0.3) is 16.7 Å². The molecule has 0 amide bonds. The van der Waals surface area contributed by atoms with Gasteiger partial charge in [-0.15, -0.1) is 0 Å². The third-order valence-electron chi connectivity index (χ3n) is 3.26. The molecule has 0 saturated heterocycles. The molecule has 1 atom stereocenters. The zero-order chi connectivity index (χ0) is 15.9. The lowest BCUT2D eigenvalue weighted by Gasteiger charge is -2.09. The molecule has 22 heavy (non-hydrogen) atoms. The van der Waals surface area contributed by atoms with Crippen LogP contribution < -0.4 is 4.74 Å². The number of aliphatic carboxylic acids is 1. The highest BCUT2D eigenvalue weighted by molar-refractivity contribution is 5.96. The first-order valence-electron chi connectivity index (χ1n) is 6.36. The molecule has 0 aliphatic heterocycles. The van der Waals surface area contributed by atoms with Crippen molar-refractivity contribution >= 4 is 16.9 Å². The zero-order valence-electron chi connectivity index (χ0n) is 11.8. The molecular formula is C13H13N5O4. The van der Waals surface area contributed by atoms with E-state index in [1.54, 1.807) is 6.92 Å². The van der Waals surface area contributed by atoms with E-state index in [1.807, 2.05) is 0 Å². The van der Waals surface area contributed by atoms with Crippen LogP contribution in [0.4, 0.5) is 0 Å². The van der Waals surface area contributed by atoms with Gasteiger partial charge in [-0.05, 0) is 6.92 Å². The Bertz CT molecular complexity index is 853. The molecule has 0 bridgehead atoms. The van der Waals surface area contributed by atoms with E-state index in [4.69, 9.17) is 9.84 Å². The minimum Gasteiger partial charge on any atom is -0.494 e. The maximum Gasteiger partial charge on any atom is 0.337 e. The molecule has 0 radical (unpaired) electrons. The predicted molar refractivity (Wildman–Crippen MR) is 74.9 cm³/mol. The van der Waals surface area contributed by atoms with Crippen molar-refractivity contribution in [1.82, 2.24) is 24.7 Å². The first-order valence-corrected chi connectivity index (χ1v) is 6.36. The molecule has 0 aromatic carbocycles. The number of carbonyl (C=O) groups is 1. The van der Waals surface area contributed by atoms with Crippen LogP contribution in [-0.2, 0) is 4.79 Å². The van der Waals surface area contributed by atoms with Gasteiger partial charge in [-0.1, -0.05) is 0 Å². The summed E-state index contributed by atoms with van der Waals surface area (Å²) in [4.78, 5) is 22.3. The number of carboxylic acids is 1. The molecule has 0 aliphatic rings. The highest BCUT2D eigenvalue weighted by Crippen LogP contribution is 2.34. The number of aromatic amines is 1. The number of H-pyrrole nitrogens is 1. The lowest BCUT2D eigenvalue weighted by Crippen LogP contribution is -2.10. The molecule has 3 aromatic heterocycles. The van der Waals surface area contributed by atoms with Crippen LogP contribution >= 0.6 is 0 Å². The molecule has 3 heterocycles. The van der Waals surface area contributed by atoms with Crippen LogP contribution in [0.2, 0.25) is 0 Å². The Morgan fingerprint density at radius 2 is 2.23 bits per heavy atom. The van der Waals surface area contributed by atoms with Gasteiger partial charge in [0.2, 0.25) is 0 Å². The van der Waals surface area contributed by atoms with Crippen LogP contribution in [0, 0.1) is 6.92 Å². The van der Waals surface area contributed by atoms with Gasteiger partial charge in [-0.2, -0.15) is 5.10 Å². The maximum absolute atomic E-state index is 11.1. The Kier molecular flexibility index (Phi) is 3.26. The van der Waals surface area contributed by atoms with Crippen LogP contribution in [-0.4, -0.2) is 48.0 Å². The van der Waals surface area contributed by atoms with Crippen LogP contribution in [0.5, 0.6) is 5.75 Å². The summed E-state index contributed by atoms with van der Waals surface area (Å²) in [5, 5.41) is 23.5. The maximum atomic E-state index is 11.1. The number of carboxylic acid groups (broad SMARTS) is 1. The summed E-state index contributed by atoms with van der Waals surface area (Å²) in [6, 6.07) is 0. The number of hydrogen-bond acceptors (Lipinski definition) is 6. The molecular weight excluding hydrogens is 290 g/mol. The van der Waals surface area contributed by atoms with Gasteiger partial charge in [0.25, 0.3) is 0 Å². The summed E-state index contributed by atoms with van der Waals surface area (Å²) in [6.07, 6.45) is 2.69. The topological polar surface area (TPSA) is 126 Å². The van der Waals surface area contributed by atoms with Gasteiger partial charge in [0, 0.05) is 11.8 Å². The van der Waals surface area contributed by atoms with E-state index < -0.39 is 12.1 Å². The lowest BCUT2D eigenvalue weighted by atomic mass is 10.1. The summed E-state index contributed by atoms with van der Waals surface area (Å²) in [7, 11) is 1.44. The number of rotatable bonds is 4. The molecule has 1 unspecified atom stereocenters. The Labute approximate surface area is 124 Å². The van der Waals surface area contributed by atoms with Crippen molar-refractivity contribution in [3.8, 4) is 11.6 Å². The summed E-state index contributed by atoms with van der Waals surface area (Å²) >= 11 is 0. The second kappa shape index (κ2) is 5.11. The number of nitrogens with zero attached hydrogens (tertiary/aromatic N) is 4. The zero-order valence-corrected chi connectivity index (χ0v) is 11.8. The Morgan fingerprint density at radius 3 is 2.82 bits per heavy atom. The number of pyridine rings is 1. The second-order valence-corrected chi connectivity index (χ2v) is 4.62. The highest BCUT2D eigenvalue weighted by atomic mass is 16.5. The van der Waals surface area contributed by atoms with Crippen molar-refractivity contribution in [2.24, 2.45) is 0 Å². The smallest absolute Gasteiger partial charge is 0.337 e. The quantitative estimate of drug-likeness (QED) is 0.643. The number of nitrogens with one attached hydrogen (secondary N) is 1. The largest absolute Gasteiger partial charge is 0.494 e. The average molecular weight is 303 g/mol. The summed E-state index contributed by atoms with van der Waals surface area (Å²) in [6.45, 7) is 1.74. The van der Waals surface area contributed by atoms with Crippen molar-refractivity contribution in [3.05, 3.63) is 30.1 Å². The SMILES string of the molecule is COc1cnc(-n2cnc(C)n2)c2[nH]cc(C(O)C(=O)O)c12. The molecule has 3 aromatic rings. The second-order valence-electron chi connectivity index (χ2n) is 4.62. The molecule has 0 saturated carbocycles. The number of aryl methyl sites for hydroxylation is 1. The van der Waals surface area contributed by atoms with E-state index in [0.717, 1.165) is 0 Å². The first kappa shape index (κ1) is 14.0. The van der Waals surface area contributed by atoms with E-state index in [2.05, 4.69) is 20.1 Å². The minimum absolute atomic E-state index is 0.194. The van der Waals surface area contributed by atoms with E-state index in [-0.39, 0.29) is 5.56 Å². The van der Waals surface area contributed by atoms with Crippen molar-refractivity contribution in [3.63, 3.8) is 0 Å². The first-order chi connectivity index (χ1) is 10.5. The van der Waals surface area contributed by atoms with Crippen LogP contribution in [0.15, 0.2) is 18.7 Å². The predicted octanol–water partition coefficient (Wildman–Crippen LogP) is 0.579. The number of hydrogen-bond donors (Lipinski definition) is 3. The van der Waals surface area contributed by atoms with Crippen molar-refractivity contribution in [2.75, 3.05) is 7.11 Å². The molecule has 114 valence electrons. The van der Waals surface area contributed by atoms with Crippen molar-refractivity contribution in [1.29, 1.82) is 0 Å². The van der Waals surface area contributed by atoms with Crippen molar-refractivity contribution < 1.29 is 19.7 Å². The van der Waals surface area contributed by atoms with Gasteiger partial charge in [0.15, 0.2) is 11.9 Å². The van der Waals surface area contributed by atoms with E-state index >= 15 is 0 Å². The van der Waals surface area contributed by atoms with E-state index in [0.29, 0.717) is 28.3 Å². The third-order valence-corrected chi connectivity index (χ3v) is 3.26. The van der Waals surface area contributed by atoms with Gasteiger partial charge in [0.1, 0.15) is 17.9 Å². The normalized spacial score (nSPS) is 12.5. The summed E-state index contributed by atoms with van der Waals surface area (Å²) < 4.78 is 6.68. The molecule has 3 N–H and O–H groups in total. The number of ether oxygens (including phenoxy) is 1. The molecule has 9 heteroatoms. The lowest BCUT2D eigenvalue weighted by molar-refractivity contribution is -0.146. The van der Waals surface area contributed by atoms with Gasteiger partial charge in [-0.25, -0.2) is 19.4 Å². The molecule has 9 nitrogen and oxygen atoms in total. The number of aromatic nitrogens is 5. The van der Waals surface area contributed by atoms with Gasteiger partial charge >= 0.3 is 5.97 Å². The average Bonchev–Trinajstić information content (AvgIpc) is 3.12. The van der Waals surface area contributed by atoms with Crippen LogP contribution in [0.3, 0.4) is 0 Å². The third kappa shape index (κ3) is 2.07. The van der Waals surface area contributed by atoms with Gasteiger partial charge in [0.05, 0.1) is 24.2 Å². The Balaban J connectivity index is 2.28. The fraction of sp³-hybridized carbons (Fsp3) is 0.231. The standard InChI is InChI=1S/C13H13N5O4/c1-6-16-5-18(17-6)12-10-9(8(22-2)4-15-12)7(3-14-10)11(19)13(20)21/h3-5,11,14,19H,1-2H3,(H,20,21). The number of aliphatic hydroxyl groups is 1. The summed E-state index contributed by atoms with van der Waals surface area (Å²) in [5.41, 5.74) is 0.694. The van der Waals surface area contributed by atoms with Gasteiger partial charge in [-0.3, -0.25) is 0 Å². The van der Waals surface area contributed by atoms with Crippen molar-refractivity contribution in [2.45, 2.75) is 13.0 Å². The van der Waals surface area contributed by atoms with E-state index in [1.165, 1.54) is 30.5 Å². The molecule has 3 rings (SSSR count). The summed E-state index contributed by atoms with van der Waals surface area (Å²) in [5.74, 6) is 0.00779.